The van der Waals surface area contributed by atoms with Crippen LogP contribution in [0.15, 0.2) is 72.9 Å². The first-order chi connectivity index (χ1) is 17.0. The molecule has 180 valence electrons. The molecule has 3 aromatic carbocycles. The molecule has 0 radical (unpaired) electrons. The lowest BCUT2D eigenvalue weighted by atomic mass is 10.1. The van der Waals surface area contributed by atoms with E-state index in [-0.39, 0.29) is 0 Å². The molecule has 7 nitrogen and oxygen atoms in total. The van der Waals surface area contributed by atoms with Gasteiger partial charge in [-0.2, -0.15) is 0 Å². The molecule has 0 unspecified atom stereocenters. The number of aryl methyl sites for hydroxylation is 1. The molecule has 0 aliphatic rings. The number of carbonyl (C=O) groups is 1. The highest BCUT2D eigenvalue weighted by Crippen LogP contribution is 2.37. The van der Waals surface area contributed by atoms with Crippen molar-refractivity contribution in [1.82, 2.24) is 4.98 Å². The highest BCUT2D eigenvalue weighted by molar-refractivity contribution is 5.98. The molecule has 0 saturated heterocycles. The van der Waals surface area contributed by atoms with Crippen LogP contribution < -0.4 is 24.8 Å². The highest BCUT2D eigenvalue weighted by atomic mass is 16.5. The number of nitrogens with two attached hydrogens (primary N) is 1. The van der Waals surface area contributed by atoms with Crippen LogP contribution in [0.3, 0.4) is 0 Å². The van der Waals surface area contributed by atoms with Crippen LogP contribution in [0.25, 0.3) is 10.9 Å². The predicted molar refractivity (Wildman–Crippen MR) is 138 cm³/mol. The molecule has 0 aliphatic heterocycles. The van der Waals surface area contributed by atoms with Crippen LogP contribution in [-0.4, -0.2) is 25.2 Å². The molecule has 2 amide bonds. The fraction of sp³-hybridized carbons (Fsp3) is 0.214. The van der Waals surface area contributed by atoms with Crippen LogP contribution in [0.4, 0.5) is 16.2 Å². The Morgan fingerprint density at radius 1 is 0.886 bits per heavy atom. The monoisotopic (exact) mass is 471 g/mol. The van der Waals surface area contributed by atoms with E-state index in [4.69, 9.17) is 19.9 Å². The number of carbonyl (C=O) groups excluding carboxylic acids is 1. The van der Waals surface area contributed by atoms with Gasteiger partial charge in [-0.05, 0) is 66.9 Å². The van der Waals surface area contributed by atoms with Crippen LogP contribution in [0.1, 0.15) is 25.3 Å². The minimum Gasteiger partial charge on any atom is -0.493 e. The second kappa shape index (κ2) is 10.8. The van der Waals surface area contributed by atoms with Crippen molar-refractivity contribution >= 4 is 28.3 Å². The molecule has 0 fully saturated rings. The Morgan fingerprint density at radius 3 is 2.11 bits per heavy atom. The third-order valence-corrected chi connectivity index (χ3v) is 5.76. The summed E-state index contributed by atoms with van der Waals surface area (Å²) < 4.78 is 16.9. The quantitative estimate of drug-likeness (QED) is 0.297. The van der Waals surface area contributed by atoms with E-state index in [2.05, 4.69) is 11.9 Å². The molecule has 4 rings (SSSR count). The summed E-state index contributed by atoms with van der Waals surface area (Å²) in [5, 5.41) is 0.788. The van der Waals surface area contributed by atoms with Crippen molar-refractivity contribution in [3.05, 3.63) is 78.5 Å². The molecule has 0 bridgehead atoms. The van der Waals surface area contributed by atoms with Crippen molar-refractivity contribution in [2.24, 2.45) is 5.73 Å². The van der Waals surface area contributed by atoms with E-state index in [1.807, 2.05) is 36.4 Å². The number of ether oxygens (including phenoxy) is 3. The van der Waals surface area contributed by atoms with Gasteiger partial charge in [0.1, 0.15) is 11.5 Å². The summed E-state index contributed by atoms with van der Waals surface area (Å²) in [4.78, 5) is 18.2. The van der Waals surface area contributed by atoms with Gasteiger partial charge in [-0.3, -0.25) is 9.88 Å². The van der Waals surface area contributed by atoms with Crippen LogP contribution in [0.2, 0.25) is 0 Å². The SMILES string of the molecule is CCCCc1ccc(N(C(N)=O)c2ccc(Oc3ccnc4cc(OC)c(OC)cc34)cc2)cc1. The topological polar surface area (TPSA) is 86.9 Å². The van der Waals surface area contributed by atoms with E-state index >= 15 is 0 Å². The van der Waals surface area contributed by atoms with Crippen molar-refractivity contribution in [2.75, 3.05) is 19.1 Å². The summed E-state index contributed by atoms with van der Waals surface area (Å²) in [5.41, 5.74) is 9.05. The largest absolute Gasteiger partial charge is 0.493 e. The highest BCUT2D eigenvalue weighted by Gasteiger charge is 2.16. The molecule has 1 aromatic heterocycles. The summed E-state index contributed by atoms with van der Waals surface area (Å²) in [7, 11) is 3.17. The molecule has 35 heavy (non-hydrogen) atoms. The average Bonchev–Trinajstić information content (AvgIpc) is 2.88. The number of hydrogen-bond donors (Lipinski definition) is 1. The Balaban J connectivity index is 1.58. The maximum absolute atomic E-state index is 12.3. The standard InChI is InChI=1S/C28H29N3O4/c1-4-5-6-19-7-9-20(10-8-19)31(28(29)32)21-11-13-22(14-12-21)35-25-15-16-30-24-18-27(34-3)26(33-2)17-23(24)25/h7-18H,4-6H2,1-3H3,(H2,29,32). The molecular formula is C28H29N3O4. The number of benzene rings is 3. The van der Waals surface area contributed by atoms with Crippen molar-refractivity contribution in [2.45, 2.75) is 26.2 Å². The van der Waals surface area contributed by atoms with Gasteiger partial charge in [0, 0.05) is 17.6 Å². The van der Waals surface area contributed by atoms with Gasteiger partial charge in [0.25, 0.3) is 0 Å². The van der Waals surface area contributed by atoms with Crippen LogP contribution in [0, 0.1) is 0 Å². The maximum Gasteiger partial charge on any atom is 0.323 e. The first kappa shape index (κ1) is 23.9. The van der Waals surface area contributed by atoms with E-state index < -0.39 is 6.03 Å². The average molecular weight is 472 g/mol. The van der Waals surface area contributed by atoms with E-state index in [1.165, 1.54) is 10.5 Å². The summed E-state index contributed by atoms with van der Waals surface area (Å²) in [6.45, 7) is 2.17. The van der Waals surface area contributed by atoms with Gasteiger partial charge in [0.15, 0.2) is 11.5 Å². The van der Waals surface area contributed by atoms with Gasteiger partial charge in [-0.15, -0.1) is 0 Å². The number of amides is 2. The van der Waals surface area contributed by atoms with Crippen LogP contribution >= 0.6 is 0 Å². The number of primary amides is 1. The van der Waals surface area contributed by atoms with Crippen molar-refractivity contribution in [3.8, 4) is 23.0 Å². The zero-order valence-corrected chi connectivity index (χ0v) is 20.2. The smallest absolute Gasteiger partial charge is 0.323 e. The number of methoxy groups -OCH3 is 2. The van der Waals surface area contributed by atoms with Crippen molar-refractivity contribution in [3.63, 3.8) is 0 Å². The summed E-state index contributed by atoms with van der Waals surface area (Å²) in [6.07, 6.45) is 4.96. The van der Waals surface area contributed by atoms with Crippen LogP contribution in [-0.2, 0) is 6.42 Å². The molecule has 0 aliphatic carbocycles. The second-order valence-corrected chi connectivity index (χ2v) is 8.07. The Kier molecular flexibility index (Phi) is 7.35. The number of urea groups is 1. The third-order valence-electron chi connectivity index (χ3n) is 5.76. The summed E-state index contributed by atoms with van der Waals surface area (Å²) in [6, 6.07) is 20.0. The Hall–Kier alpha value is -4.26. The fourth-order valence-electron chi connectivity index (χ4n) is 3.92. The van der Waals surface area contributed by atoms with Gasteiger partial charge in [-0.25, -0.2) is 4.79 Å². The van der Waals surface area contributed by atoms with Crippen LogP contribution in [0.5, 0.6) is 23.0 Å². The van der Waals surface area contributed by atoms with Crippen molar-refractivity contribution < 1.29 is 19.0 Å². The molecule has 0 saturated carbocycles. The zero-order chi connectivity index (χ0) is 24.8. The number of pyridine rings is 1. The number of nitrogens with zero attached hydrogens (tertiary/aromatic N) is 2. The Morgan fingerprint density at radius 2 is 1.51 bits per heavy atom. The minimum absolute atomic E-state index is 0.554. The number of anilines is 2. The van der Waals surface area contributed by atoms with Gasteiger partial charge in [0.05, 0.1) is 31.1 Å². The lowest BCUT2D eigenvalue weighted by Gasteiger charge is -2.21. The molecule has 0 spiro atoms. The van der Waals surface area contributed by atoms with Crippen molar-refractivity contribution in [1.29, 1.82) is 0 Å². The predicted octanol–water partition coefficient (Wildman–Crippen LogP) is 6.60. The molecule has 1 heterocycles. The maximum atomic E-state index is 12.3. The Labute approximate surface area is 205 Å². The van der Waals surface area contributed by atoms with E-state index in [9.17, 15) is 4.79 Å². The fourth-order valence-corrected chi connectivity index (χ4v) is 3.92. The lowest BCUT2D eigenvalue weighted by Crippen LogP contribution is -2.31. The first-order valence-corrected chi connectivity index (χ1v) is 11.5. The number of hydrogen-bond acceptors (Lipinski definition) is 5. The first-order valence-electron chi connectivity index (χ1n) is 11.5. The minimum atomic E-state index is -0.554. The number of rotatable bonds is 9. The molecule has 4 aromatic rings. The van der Waals surface area contributed by atoms with Gasteiger partial charge >= 0.3 is 6.03 Å². The summed E-state index contributed by atoms with van der Waals surface area (Å²) >= 11 is 0. The second-order valence-electron chi connectivity index (χ2n) is 8.07. The number of aromatic nitrogens is 1. The van der Waals surface area contributed by atoms with E-state index in [0.717, 1.165) is 30.2 Å². The van der Waals surface area contributed by atoms with Gasteiger partial charge in [-0.1, -0.05) is 25.5 Å². The Bertz CT molecular complexity index is 1300. The lowest BCUT2D eigenvalue weighted by molar-refractivity contribution is 0.256. The van der Waals surface area contributed by atoms with Gasteiger partial charge < -0.3 is 19.9 Å². The van der Waals surface area contributed by atoms with Gasteiger partial charge in [0.2, 0.25) is 0 Å². The third kappa shape index (κ3) is 5.30. The number of fused-ring (bicyclic) bond motifs is 1. The van der Waals surface area contributed by atoms with E-state index in [0.29, 0.717) is 34.4 Å². The zero-order valence-electron chi connectivity index (χ0n) is 20.2. The molecule has 0 atom stereocenters. The normalized spacial score (nSPS) is 10.7. The van der Waals surface area contributed by atoms with E-state index in [1.54, 1.807) is 50.7 Å². The molecule has 7 heteroatoms. The number of unbranched alkanes of at least 4 members (excludes halogenated alkanes) is 1. The molecule has 2 N–H and O–H groups in total. The molecular weight excluding hydrogens is 442 g/mol. The summed E-state index contributed by atoms with van der Waals surface area (Å²) in [5.74, 6) is 2.42.